The quantitative estimate of drug-likeness (QED) is 0.337. The molecule has 0 radical (unpaired) electrons. The van der Waals surface area contributed by atoms with Crippen molar-refractivity contribution in [3.05, 3.63) is 113 Å². The van der Waals surface area contributed by atoms with Crippen molar-refractivity contribution in [2.24, 2.45) is 0 Å². The predicted molar refractivity (Wildman–Crippen MR) is 146 cm³/mol. The minimum atomic E-state index is -0.309. The summed E-state index contributed by atoms with van der Waals surface area (Å²) in [6, 6.07) is 19.9. The highest BCUT2D eigenvalue weighted by Crippen LogP contribution is 2.37. The second-order valence-electron chi connectivity index (χ2n) is 9.61. The summed E-state index contributed by atoms with van der Waals surface area (Å²) in [4.78, 5) is 35.8. The van der Waals surface area contributed by atoms with Crippen molar-refractivity contribution in [3.63, 3.8) is 0 Å². The standard InChI is InChI=1S/C31H32N4O4/c1-3-29(36)35-17-14-22-11-12-25(18-26(22)30(35)23-9-7-21(2)8-10-23)38-20-28-34-27(19-39-28)31(37)33-16-13-24-6-4-5-15-32-24/h4-12,15,18-19,30H,3,13-14,16-17,20H2,1-2H3,(H,33,37)/t30-/m1/s1. The van der Waals surface area contributed by atoms with E-state index in [9.17, 15) is 9.59 Å². The molecular formula is C31H32N4O4. The molecule has 8 heteroatoms. The molecule has 200 valence electrons. The van der Waals surface area contributed by atoms with Gasteiger partial charge in [-0.1, -0.05) is 48.9 Å². The van der Waals surface area contributed by atoms with Crippen LogP contribution in [0, 0.1) is 6.92 Å². The van der Waals surface area contributed by atoms with Gasteiger partial charge in [-0.15, -0.1) is 0 Å². The molecule has 1 aliphatic heterocycles. The first-order valence-corrected chi connectivity index (χ1v) is 13.3. The van der Waals surface area contributed by atoms with Crippen LogP contribution < -0.4 is 10.1 Å². The van der Waals surface area contributed by atoms with E-state index in [0.717, 1.165) is 23.2 Å². The Morgan fingerprint density at radius 3 is 2.74 bits per heavy atom. The number of hydrogen-bond donors (Lipinski definition) is 1. The summed E-state index contributed by atoms with van der Waals surface area (Å²) in [6.07, 6.45) is 4.94. The molecule has 0 fully saturated rings. The molecule has 3 heterocycles. The van der Waals surface area contributed by atoms with E-state index in [2.05, 4.69) is 52.5 Å². The van der Waals surface area contributed by atoms with Gasteiger partial charge in [0.15, 0.2) is 12.3 Å². The lowest BCUT2D eigenvalue weighted by Gasteiger charge is -2.38. The molecule has 0 saturated carbocycles. The molecule has 1 N–H and O–H groups in total. The Labute approximate surface area is 228 Å². The Morgan fingerprint density at radius 1 is 1.13 bits per heavy atom. The van der Waals surface area contributed by atoms with Crippen molar-refractivity contribution in [2.75, 3.05) is 13.1 Å². The number of hydrogen-bond acceptors (Lipinski definition) is 6. The van der Waals surface area contributed by atoms with Crippen molar-refractivity contribution in [1.29, 1.82) is 0 Å². The normalized spacial score (nSPS) is 14.5. The van der Waals surface area contributed by atoms with E-state index in [1.807, 2.05) is 42.2 Å². The predicted octanol–water partition coefficient (Wildman–Crippen LogP) is 4.81. The number of carbonyl (C=O) groups excluding carboxylic acids is 2. The van der Waals surface area contributed by atoms with E-state index in [0.29, 0.717) is 37.6 Å². The van der Waals surface area contributed by atoms with Crippen LogP contribution in [0.4, 0.5) is 0 Å². The number of nitrogens with one attached hydrogen (secondary N) is 1. The van der Waals surface area contributed by atoms with Gasteiger partial charge in [-0.25, -0.2) is 4.98 Å². The van der Waals surface area contributed by atoms with Crippen LogP contribution in [-0.2, 0) is 24.2 Å². The molecule has 4 aromatic rings. The van der Waals surface area contributed by atoms with Gasteiger partial charge in [0.2, 0.25) is 11.8 Å². The fourth-order valence-corrected chi connectivity index (χ4v) is 4.83. The molecule has 0 aliphatic carbocycles. The second-order valence-corrected chi connectivity index (χ2v) is 9.61. The van der Waals surface area contributed by atoms with Gasteiger partial charge in [-0.2, -0.15) is 0 Å². The minimum Gasteiger partial charge on any atom is -0.484 e. The van der Waals surface area contributed by atoms with E-state index in [1.165, 1.54) is 17.4 Å². The van der Waals surface area contributed by atoms with Crippen LogP contribution >= 0.6 is 0 Å². The zero-order valence-electron chi connectivity index (χ0n) is 22.2. The summed E-state index contributed by atoms with van der Waals surface area (Å²) >= 11 is 0. The minimum absolute atomic E-state index is 0.0762. The van der Waals surface area contributed by atoms with Gasteiger partial charge in [0.25, 0.3) is 5.91 Å². The Morgan fingerprint density at radius 2 is 1.97 bits per heavy atom. The number of aromatic nitrogens is 2. The van der Waals surface area contributed by atoms with Gasteiger partial charge in [0.05, 0.1) is 6.04 Å². The summed E-state index contributed by atoms with van der Waals surface area (Å²) in [5.74, 6) is 0.774. The fourth-order valence-electron chi connectivity index (χ4n) is 4.83. The largest absolute Gasteiger partial charge is 0.484 e. The highest BCUT2D eigenvalue weighted by molar-refractivity contribution is 5.91. The lowest BCUT2D eigenvalue weighted by Crippen LogP contribution is -2.40. The van der Waals surface area contributed by atoms with Crippen LogP contribution in [0.3, 0.4) is 0 Å². The molecule has 2 aromatic heterocycles. The van der Waals surface area contributed by atoms with Crippen molar-refractivity contribution in [3.8, 4) is 5.75 Å². The third-order valence-electron chi connectivity index (χ3n) is 6.90. The number of carbonyl (C=O) groups is 2. The number of rotatable bonds is 9. The first kappa shape index (κ1) is 26.2. The van der Waals surface area contributed by atoms with Gasteiger partial charge >= 0.3 is 0 Å². The molecule has 8 nitrogen and oxygen atoms in total. The Bertz CT molecular complexity index is 1430. The molecule has 2 aromatic carbocycles. The molecule has 1 atom stereocenters. The molecular weight excluding hydrogens is 492 g/mol. The third kappa shape index (κ3) is 6.17. The monoisotopic (exact) mass is 524 g/mol. The molecule has 1 aliphatic rings. The number of aryl methyl sites for hydroxylation is 1. The van der Waals surface area contributed by atoms with Crippen molar-refractivity contribution in [1.82, 2.24) is 20.2 Å². The number of oxazole rings is 1. The maximum Gasteiger partial charge on any atom is 0.273 e. The van der Waals surface area contributed by atoms with Gasteiger partial charge in [-0.05, 0) is 54.3 Å². The molecule has 39 heavy (non-hydrogen) atoms. The summed E-state index contributed by atoms with van der Waals surface area (Å²) in [5, 5.41) is 2.84. The molecule has 0 saturated heterocycles. The number of fused-ring (bicyclic) bond motifs is 1. The maximum absolute atomic E-state index is 12.9. The van der Waals surface area contributed by atoms with Gasteiger partial charge in [-0.3, -0.25) is 14.6 Å². The highest BCUT2D eigenvalue weighted by Gasteiger charge is 2.31. The molecule has 0 bridgehead atoms. The van der Waals surface area contributed by atoms with E-state index in [-0.39, 0.29) is 30.2 Å². The SMILES string of the molecule is CCC(=O)N1CCc2ccc(OCc3nc(C(=O)NCCc4ccccn4)co3)cc2[C@H]1c1ccc(C)cc1. The van der Waals surface area contributed by atoms with Crippen LogP contribution in [-0.4, -0.2) is 39.8 Å². The number of amides is 2. The Hall–Kier alpha value is -4.46. The van der Waals surface area contributed by atoms with Gasteiger partial charge < -0.3 is 19.4 Å². The number of ether oxygens (including phenoxy) is 1. The van der Waals surface area contributed by atoms with Crippen molar-refractivity contribution < 1.29 is 18.7 Å². The van der Waals surface area contributed by atoms with E-state index < -0.39 is 0 Å². The Balaban J connectivity index is 1.26. The van der Waals surface area contributed by atoms with Gasteiger partial charge in [0.1, 0.15) is 12.0 Å². The number of pyridine rings is 1. The van der Waals surface area contributed by atoms with Crippen LogP contribution in [0.15, 0.2) is 77.5 Å². The lowest BCUT2D eigenvalue weighted by atomic mass is 9.87. The molecule has 2 amide bonds. The zero-order chi connectivity index (χ0) is 27.2. The fraction of sp³-hybridized carbons (Fsp3) is 0.290. The topological polar surface area (TPSA) is 97.6 Å². The maximum atomic E-state index is 12.9. The molecule has 0 unspecified atom stereocenters. The van der Waals surface area contributed by atoms with E-state index in [4.69, 9.17) is 9.15 Å². The summed E-state index contributed by atoms with van der Waals surface area (Å²) in [6.45, 7) is 5.16. The number of benzene rings is 2. The summed E-state index contributed by atoms with van der Waals surface area (Å²) in [5.41, 5.74) is 5.62. The lowest BCUT2D eigenvalue weighted by molar-refractivity contribution is -0.132. The van der Waals surface area contributed by atoms with E-state index >= 15 is 0 Å². The van der Waals surface area contributed by atoms with Crippen molar-refractivity contribution in [2.45, 2.75) is 45.8 Å². The third-order valence-corrected chi connectivity index (χ3v) is 6.90. The van der Waals surface area contributed by atoms with Crippen molar-refractivity contribution >= 4 is 11.8 Å². The van der Waals surface area contributed by atoms with Crippen LogP contribution in [0.25, 0.3) is 0 Å². The Kier molecular flexibility index (Phi) is 8.01. The summed E-state index contributed by atoms with van der Waals surface area (Å²) in [7, 11) is 0. The zero-order valence-corrected chi connectivity index (χ0v) is 22.2. The van der Waals surface area contributed by atoms with Crippen LogP contribution in [0.2, 0.25) is 0 Å². The van der Waals surface area contributed by atoms with Gasteiger partial charge in [0, 0.05) is 37.8 Å². The first-order valence-electron chi connectivity index (χ1n) is 13.3. The first-order chi connectivity index (χ1) is 19.0. The average molecular weight is 525 g/mol. The van der Waals surface area contributed by atoms with Crippen LogP contribution in [0.1, 0.15) is 63.7 Å². The van der Waals surface area contributed by atoms with Crippen LogP contribution in [0.5, 0.6) is 5.75 Å². The second kappa shape index (κ2) is 11.9. The smallest absolute Gasteiger partial charge is 0.273 e. The number of nitrogens with zero attached hydrogens (tertiary/aromatic N) is 3. The average Bonchev–Trinajstić information content (AvgIpc) is 3.45. The summed E-state index contributed by atoms with van der Waals surface area (Å²) < 4.78 is 11.5. The van der Waals surface area contributed by atoms with E-state index in [1.54, 1.807) is 6.20 Å². The molecule has 0 spiro atoms. The highest BCUT2D eigenvalue weighted by atomic mass is 16.5. The molecule has 5 rings (SSSR count).